The Hall–Kier alpha value is -2.48. The lowest BCUT2D eigenvalue weighted by Crippen LogP contribution is -2.50. The Labute approximate surface area is 157 Å². The molecule has 2 aromatic rings. The van der Waals surface area contributed by atoms with Crippen LogP contribution in [0.3, 0.4) is 0 Å². The topological polar surface area (TPSA) is 6.48 Å². The standard InChI is InChI=1S/C24H28N2/c1-17(2)24-15-18(3)26(24)19(4)25-14-8-11-21(16-25)23-13-7-10-20-9-5-6-12-22(20)23/h5-7,9-10,12-13,21,24H,1,3-4,8,11,14-16H2,2H3. The fourth-order valence-corrected chi connectivity index (χ4v) is 4.50. The van der Waals surface area contributed by atoms with Gasteiger partial charge in [0, 0.05) is 31.1 Å². The SMILES string of the molecule is C=C(C)C1CC(=C)N1C(=C)N1CCCC(c2cccc3ccccc23)C1. The second-order valence-corrected chi connectivity index (χ2v) is 7.77. The first-order chi connectivity index (χ1) is 12.6. The minimum atomic E-state index is 0.368. The van der Waals surface area contributed by atoms with E-state index < -0.39 is 0 Å². The van der Waals surface area contributed by atoms with E-state index in [0.29, 0.717) is 12.0 Å². The predicted molar refractivity (Wildman–Crippen MR) is 111 cm³/mol. The van der Waals surface area contributed by atoms with Crippen LogP contribution in [-0.4, -0.2) is 28.9 Å². The molecule has 2 aliphatic heterocycles. The summed E-state index contributed by atoms with van der Waals surface area (Å²) in [6.07, 6.45) is 3.45. The van der Waals surface area contributed by atoms with Gasteiger partial charge in [-0.25, -0.2) is 0 Å². The molecule has 2 nitrogen and oxygen atoms in total. The van der Waals surface area contributed by atoms with Crippen molar-refractivity contribution in [3.63, 3.8) is 0 Å². The second kappa shape index (κ2) is 6.68. The average Bonchev–Trinajstić information content (AvgIpc) is 2.65. The van der Waals surface area contributed by atoms with E-state index in [2.05, 4.69) is 78.9 Å². The van der Waals surface area contributed by atoms with Crippen molar-refractivity contribution in [1.82, 2.24) is 9.80 Å². The van der Waals surface area contributed by atoms with Crippen molar-refractivity contribution in [2.24, 2.45) is 0 Å². The Balaban J connectivity index is 1.57. The Morgan fingerprint density at radius 1 is 1.08 bits per heavy atom. The van der Waals surface area contributed by atoms with E-state index in [1.54, 1.807) is 0 Å². The van der Waals surface area contributed by atoms with Gasteiger partial charge in [0.15, 0.2) is 0 Å². The third-order valence-electron chi connectivity index (χ3n) is 5.98. The van der Waals surface area contributed by atoms with Gasteiger partial charge < -0.3 is 9.80 Å². The molecule has 0 aromatic heterocycles. The molecule has 2 fully saturated rings. The van der Waals surface area contributed by atoms with Crippen LogP contribution >= 0.6 is 0 Å². The zero-order valence-electron chi connectivity index (χ0n) is 15.7. The Bertz CT molecular complexity index is 873. The van der Waals surface area contributed by atoms with Gasteiger partial charge in [0.1, 0.15) is 5.82 Å². The lowest BCUT2D eigenvalue weighted by atomic mass is 9.87. The largest absolute Gasteiger partial charge is 0.358 e. The molecule has 4 rings (SSSR count). The summed E-state index contributed by atoms with van der Waals surface area (Å²) < 4.78 is 0. The predicted octanol–water partition coefficient (Wildman–Crippen LogP) is 5.65. The van der Waals surface area contributed by atoms with Crippen molar-refractivity contribution in [3.8, 4) is 0 Å². The number of benzene rings is 2. The first kappa shape index (κ1) is 17.0. The normalized spacial score (nSPS) is 23.0. The van der Waals surface area contributed by atoms with Crippen LogP contribution in [0.15, 0.2) is 79.3 Å². The summed E-state index contributed by atoms with van der Waals surface area (Å²) in [6, 6.07) is 15.8. The molecule has 2 unspecified atom stereocenters. The lowest BCUT2D eigenvalue weighted by Gasteiger charge is -2.50. The van der Waals surface area contributed by atoms with Crippen LogP contribution in [0.4, 0.5) is 0 Å². The number of hydrogen-bond donors (Lipinski definition) is 0. The van der Waals surface area contributed by atoms with Gasteiger partial charge in [0.2, 0.25) is 0 Å². The molecule has 26 heavy (non-hydrogen) atoms. The van der Waals surface area contributed by atoms with Crippen molar-refractivity contribution >= 4 is 10.8 Å². The monoisotopic (exact) mass is 344 g/mol. The van der Waals surface area contributed by atoms with E-state index in [-0.39, 0.29) is 0 Å². The highest BCUT2D eigenvalue weighted by Gasteiger charge is 2.36. The van der Waals surface area contributed by atoms with Crippen LogP contribution in [0.25, 0.3) is 10.8 Å². The molecule has 0 radical (unpaired) electrons. The summed E-state index contributed by atoms with van der Waals surface area (Å²) >= 11 is 0. The third kappa shape index (κ3) is 2.84. The van der Waals surface area contributed by atoms with Gasteiger partial charge >= 0.3 is 0 Å². The number of hydrogen-bond acceptors (Lipinski definition) is 2. The molecular weight excluding hydrogens is 316 g/mol. The van der Waals surface area contributed by atoms with E-state index in [0.717, 1.165) is 31.0 Å². The highest BCUT2D eigenvalue weighted by Crippen LogP contribution is 2.39. The molecule has 0 saturated carbocycles. The highest BCUT2D eigenvalue weighted by atomic mass is 15.4. The molecule has 0 bridgehead atoms. The smallest absolute Gasteiger partial charge is 0.101 e. The van der Waals surface area contributed by atoms with Gasteiger partial charge in [-0.2, -0.15) is 0 Å². The number of fused-ring (bicyclic) bond motifs is 1. The first-order valence-corrected chi connectivity index (χ1v) is 9.60. The molecule has 0 aliphatic carbocycles. The summed E-state index contributed by atoms with van der Waals surface area (Å²) in [5.74, 6) is 1.64. The van der Waals surface area contributed by atoms with Crippen LogP contribution in [0, 0.1) is 0 Å². The molecule has 0 amide bonds. The molecule has 0 N–H and O–H groups in total. The number of nitrogens with zero attached hydrogens (tertiary/aromatic N) is 2. The van der Waals surface area contributed by atoms with Crippen molar-refractivity contribution in [3.05, 3.63) is 84.9 Å². The maximum absolute atomic E-state index is 4.42. The fraction of sp³-hybridized carbons (Fsp3) is 0.333. The Kier molecular flexibility index (Phi) is 4.36. The Morgan fingerprint density at radius 3 is 2.62 bits per heavy atom. The van der Waals surface area contributed by atoms with E-state index in [9.17, 15) is 0 Å². The van der Waals surface area contributed by atoms with Gasteiger partial charge in [-0.05, 0) is 36.1 Å². The summed E-state index contributed by atoms with van der Waals surface area (Å²) in [4.78, 5) is 4.74. The van der Waals surface area contributed by atoms with E-state index in [1.807, 2.05) is 0 Å². The van der Waals surface area contributed by atoms with Gasteiger partial charge in [-0.15, -0.1) is 0 Å². The van der Waals surface area contributed by atoms with Gasteiger partial charge in [-0.3, -0.25) is 0 Å². The van der Waals surface area contributed by atoms with E-state index in [1.165, 1.54) is 34.8 Å². The maximum atomic E-state index is 4.42. The van der Waals surface area contributed by atoms with Crippen molar-refractivity contribution < 1.29 is 0 Å². The Morgan fingerprint density at radius 2 is 1.85 bits per heavy atom. The molecule has 2 aromatic carbocycles. The molecule has 2 heterocycles. The third-order valence-corrected chi connectivity index (χ3v) is 5.98. The van der Waals surface area contributed by atoms with E-state index in [4.69, 9.17) is 0 Å². The minimum absolute atomic E-state index is 0.368. The van der Waals surface area contributed by atoms with Crippen LogP contribution in [0.2, 0.25) is 0 Å². The van der Waals surface area contributed by atoms with Crippen molar-refractivity contribution in [2.75, 3.05) is 13.1 Å². The average molecular weight is 345 g/mol. The number of piperidine rings is 1. The van der Waals surface area contributed by atoms with Crippen LogP contribution in [0.5, 0.6) is 0 Å². The quantitative estimate of drug-likeness (QED) is 0.661. The minimum Gasteiger partial charge on any atom is -0.358 e. The summed E-state index contributed by atoms with van der Waals surface area (Å²) in [5.41, 5.74) is 3.83. The molecule has 0 spiro atoms. The summed E-state index contributed by atoms with van der Waals surface area (Å²) in [7, 11) is 0. The molecule has 2 heteroatoms. The van der Waals surface area contributed by atoms with Gasteiger partial charge in [0.05, 0.1) is 6.04 Å². The molecular formula is C24H28N2. The van der Waals surface area contributed by atoms with E-state index >= 15 is 0 Å². The van der Waals surface area contributed by atoms with Crippen molar-refractivity contribution in [2.45, 2.75) is 38.1 Å². The molecule has 2 aliphatic rings. The van der Waals surface area contributed by atoms with Crippen LogP contribution in [0.1, 0.15) is 37.7 Å². The summed E-state index contributed by atoms with van der Waals surface area (Å²) in [5, 5.41) is 2.72. The second-order valence-electron chi connectivity index (χ2n) is 7.77. The highest BCUT2D eigenvalue weighted by molar-refractivity contribution is 5.86. The molecule has 2 atom stereocenters. The van der Waals surface area contributed by atoms with Crippen LogP contribution in [-0.2, 0) is 0 Å². The first-order valence-electron chi connectivity index (χ1n) is 9.60. The fourth-order valence-electron chi connectivity index (χ4n) is 4.50. The maximum Gasteiger partial charge on any atom is 0.101 e. The van der Waals surface area contributed by atoms with Crippen molar-refractivity contribution in [1.29, 1.82) is 0 Å². The van der Waals surface area contributed by atoms with Crippen LogP contribution < -0.4 is 0 Å². The van der Waals surface area contributed by atoms with Gasteiger partial charge in [-0.1, -0.05) is 67.8 Å². The zero-order chi connectivity index (χ0) is 18.3. The summed E-state index contributed by atoms with van der Waals surface area (Å²) in [6.45, 7) is 17.0. The number of likely N-dealkylation sites (tertiary alicyclic amines) is 2. The molecule has 134 valence electrons. The van der Waals surface area contributed by atoms with Gasteiger partial charge in [0.25, 0.3) is 0 Å². The lowest BCUT2D eigenvalue weighted by molar-refractivity contribution is 0.137. The number of rotatable bonds is 4. The molecule has 2 saturated heterocycles. The zero-order valence-corrected chi connectivity index (χ0v) is 15.7.